The molecule has 0 saturated heterocycles. The average Bonchev–Trinajstić information content (AvgIpc) is 2.64. The van der Waals surface area contributed by atoms with Crippen molar-refractivity contribution in [1.29, 1.82) is 0 Å². The molecule has 2 amide bonds. The van der Waals surface area contributed by atoms with E-state index >= 15 is 0 Å². The standard InChI is InChI=1S/C19H23FN2O2/c1-24-18-9-5-8-16(13-18)17(12-15-6-3-2-4-7-15)14-22-19(23)21-11-10-20/h2-9,13,17H,10-12,14H2,1H3,(H2,21,22,23). The summed E-state index contributed by atoms with van der Waals surface area (Å²) in [7, 11) is 1.63. The van der Waals surface area contributed by atoms with Gasteiger partial charge in [0.25, 0.3) is 0 Å². The zero-order valence-corrected chi connectivity index (χ0v) is 13.8. The van der Waals surface area contributed by atoms with Crippen LogP contribution in [0.25, 0.3) is 0 Å². The SMILES string of the molecule is COc1cccc(C(CNC(=O)NCCF)Cc2ccccc2)c1. The van der Waals surface area contributed by atoms with Crippen LogP contribution in [-0.4, -0.2) is 32.9 Å². The number of rotatable bonds is 8. The molecule has 2 aromatic rings. The highest BCUT2D eigenvalue weighted by molar-refractivity contribution is 5.73. The van der Waals surface area contributed by atoms with Crippen LogP contribution < -0.4 is 15.4 Å². The Balaban J connectivity index is 2.10. The maximum Gasteiger partial charge on any atom is 0.314 e. The van der Waals surface area contributed by atoms with Crippen LogP contribution >= 0.6 is 0 Å². The van der Waals surface area contributed by atoms with Crippen molar-refractivity contribution in [2.45, 2.75) is 12.3 Å². The van der Waals surface area contributed by atoms with E-state index in [4.69, 9.17) is 4.74 Å². The minimum absolute atomic E-state index is 0.0222. The summed E-state index contributed by atoms with van der Waals surface area (Å²) in [6.07, 6.45) is 0.789. The largest absolute Gasteiger partial charge is 0.497 e. The van der Waals surface area contributed by atoms with Crippen LogP contribution in [0.15, 0.2) is 54.6 Å². The summed E-state index contributed by atoms with van der Waals surface area (Å²) >= 11 is 0. The van der Waals surface area contributed by atoms with Crippen LogP contribution in [0.4, 0.5) is 9.18 Å². The number of carbonyl (C=O) groups is 1. The lowest BCUT2D eigenvalue weighted by atomic mass is 9.91. The third kappa shape index (κ3) is 5.57. The number of amides is 2. The Morgan fingerprint density at radius 1 is 1.12 bits per heavy atom. The van der Waals surface area contributed by atoms with Gasteiger partial charge in [-0.3, -0.25) is 0 Å². The molecular weight excluding hydrogens is 307 g/mol. The van der Waals surface area contributed by atoms with Crippen molar-refractivity contribution < 1.29 is 13.9 Å². The predicted molar refractivity (Wildman–Crippen MR) is 93.3 cm³/mol. The van der Waals surface area contributed by atoms with Crippen molar-refractivity contribution in [3.05, 3.63) is 65.7 Å². The Morgan fingerprint density at radius 3 is 2.62 bits per heavy atom. The molecule has 24 heavy (non-hydrogen) atoms. The Kier molecular flexibility index (Phi) is 7.08. The van der Waals surface area contributed by atoms with Crippen LogP contribution in [0, 0.1) is 0 Å². The van der Waals surface area contributed by atoms with Gasteiger partial charge in [-0.15, -0.1) is 0 Å². The first-order chi connectivity index (χ1) is 11.7. The van der Waals surface area contributed by atoms with E-state index in [-0.39, 0.29) is 18.5 Å². The van der Waals surface area contributed by atoms with Gasteiger partial charge in [-0.1, -0.05) is 42.5 Å². The molecule has 2 aromatic carbocycles. The fraction of sp³-hybridized carbons (Fsp3) is 0.316. The van der Waals surface area contributed by atoms with Gasteiger partial charge in [-0.25, -0.2) is 9.18 Å². The quantitative estimate of drug-likeness (QED) is 0.780. The van der Waals surface area contributed by atoms with Crippen molar-refractivity contribution in [1.82, 2.24) is 10.6 Å². The molecule has 0 aliphatic carbocycles. The number of hydrogen-bond acceptors (Lipinski definition) is 2. The molecule has 2 N–H and O–H groups in total. The summed E-state index contributed by atoms with van der Waals surface area (Å²) in [5.74, 6) is 0.881. The lowest BCUT2D eigenvalue weighted by molar-refractivity contribution is 0.239. The Labute approximate surface area is 142 Å². The number of hydrogen-bond donors (Lipinski definition) is 2. The van der Waals surface area contributed by atoms with E-state index in [0.717, 1.165) is 17.7 Å². The van der Waals surface area contributed by atoms with Gasteiger partial charge in [-0.05, 0) is 29.7 Å². The van der Waals surface area contributed by atoms with Crippen molar-refractivity contribution in [3.8, 4) is 5.75 Å². The lowest BCUT2D eigenvalue weighted by Crippen LogP contribution is -2.39. The summed E-state index contributed by atoms with van der Waals surface area (Å²) in [5.41, 5.74) is 2.28. The van der Waals surface area contributed by atoms with Gasteiger partial charge in [0.1, 0.15) is 12.4 Å². The molecular formula is C19H23FN2O2. The number of halogens is 1. The van der Waals surface area contributed by atoms with Gasteiger partial charge in [0.05, 0.1) is 7.11 Å². The van der Waals surface area contributed by atoms with Crippen molar-refractivity contribution in [2.75, 3.05) is 26.9 Å². The average molecular weight is 330 g/mol. The zero-order valence-electron chi connectivity index (χ0n) is 13.8. The van der Waals surface area contributed by atoms with Crippen molar-refractivity contribution in [3.63, 3.8) is 0 Å². The Hall–Kier alpha value is -2.56. The van der Waals surface area contributed by atoms with Gasteiger partial charge in [0.15, 0.2) is 0 Å². The molecule has 0 spiro atoms. The second-order valence-electron chi connectivity index (χ2n) is 5.49. The van der Waals surface area contributed by atoms with E-state index in [0.29, 0.717) is 6.54 Å². The summed E-state index contributed by atoms with van der Waals surface area (Å²) in [6.45, 7) is -0.0920. The maximum absolute atomic E-state index is 12.1. The number of alkyl halides is 1. The van der Waals surface area contributed by atoms with E-state index in [9.17, 15) is 9.18 Å². The van der Waals surface area contributed by atoms with E-state index in [1.807, 2.05) is 42.5 Å². The van der Waals surface area contributed by atoms with E-state index in [1.165, 1.54) is 5.56 Å². The minimum Gasteiger partial charge on any atom is -0.497 e. The first-order valence-electron chi connectivity index (χ1n) is 7.98. The molecule has 0 heterocycles. The fourth-order valence-corrected chi connectivity index (χ4v) is 2.54. The molecule has 1 unspecified atom stereocenters. The number of methoxy groups -OCH3 is 1. The van der Waals surface area contributed by atoms with Crippen LogP contribution in [0.2, 0.25) is 0 Å². The first kappa shape index (κ1) is 17.8. The Bertz CT molecular complexity index is 634. The number of urea groups is 1. The monoisotopic (exact) mass is 330 g/mol. The first-order valence-corrected chi connectivity index (χ1v) is 7.98. The van der Waals surface area contributed by atoms with Gasteiger partial charge in [-0.2, -0.15) is 0 Å². The molecule has 2 rings (SSSR count). The molecule has 4 nitrogen and oxygen atoms in total. The number of carbonyl (C=O) groups excluding carboxylic acids is 1. The van der Waals surface area contributed by atoms with Gasteiger partial charge < -0.3 is 15.4 Å². The molecule has 0 bridgehead atoms. The van der Waals surface area contributed by atoms with E-state index < -0.39 is 6.67 Å². The number of benzene rings is 2. The topological polar surface area (TPSA) is 50.4 Å². The summed E-state index contributed by atoms with van der Waals surface area (Å²) in [5, 5.41) is 5.29. The van der Waals surface area contributed by atoms with Crippen LogP contribution in [0.5, 0.6) is 5.75 Å². The smallest absolute Gasteiger partial charge is 0.314 e. The van der Waals surface area contributed by atoms with Crippen molar-refractivity contribution >= 4 is 6.03 Å². The third-order valence-electron chi connectivity index (χ3n) is 3.78. The van der Waals surface area contributed by atoms with E-state index in [2.05, 4.69) is 22.8 Å². The van der Waals surface area contributed by atoms with Crippen LogP contribution in [-0.2, 0) is 6.42 Å². The van der Waals surface area contributed by atoms with Crippen LogP contribution in [0.1, 0.15) is 17.0 Å². The summed E-state index contributed by atoms with van der Waals surface area (Å²) in [4.78, 5) is 11.7. The van der Waals surface area contributed by atoms with Crippen molar-refractivity contribution in [2.24, 2.45) is 0 Å². The second-order valence-corrected chi connectivity index (χ2v) is 5.49. The number of nitrogens with one attached hydrogen (secondary N) is 2. The molecule has 128 valence electrons. The van der Waals surface area contributed by atoms with Crippen LogP contribution in [0.3, 0.4) is 0 Å². The third-order valence-corrected chi connectivity index (χ3v) is 3.78. The zero-order chi connectivity index (χ0) is 17.2. The molecule has 0 radical (unpaired) electrons. The highest BCUT2D eigenvalue weighted by atomic mass is 19.1. The molecule has 0 aliphatic heterocycles. The van der Waals surface area contributed by atoms with Gasteiger partial charge in [0, 0.05) is 19.0 Å². The number of ether oxygens (including phenoxy) is 1. The molecule has 5 heteroatoms. The summed E-state index contributed by atoms with van der Waals surface area (Å²) < 4.78 is 17.4. The summed E-state index contributed by atoms with van der Waals surface area (Å²) in [6, 6.07) is 17.6. The molecule has 1 atom stereocenters. The second kappa shape index (κ2) is 9.55. The highest BCUT2D eigenvalue weighted by Gasteiger charge is 2.14. The molecule has 0 aromatic heterocycles. The fourth-order valence-electron chi connectivity index (χ4n) is 2.54. The molecule has 0 saturated carbocycles. The molecule has 0 fully saturated rings. The Morgan fingerprint density at radius 2 is 1.92 bits per heavy atom. The minimum atomic E-state index is -0.573. The lowest BCUT2D eigenvalue weighted by Gasteiger charge is -2.19. The van der Waals surface area contributed by atoms with E-state index in [1.54, 1.807) is 7.11 Å². The highest BCUT2D eigenvalue weighted by Crippen LogP contribution is 2.24. The molecule has 0 aliphatic rings. The maximum atomic E-state index is 12.1. The normalized spacial score (nSPS) is 11.6. The van der Waals surface area contributed by atoms with Gasteiger partial charge in [0.2, 0.25) is 0 Å². The predicted octanol–water partition coefficient (Wildman–Crippen LogP) is 3.29. The van der Waals surface area contributed by atoms with Gasteiger partial charge >= 0.3 is 6.03 Å².